The molecule has 0 heterocycles. The summed E-state index contributed by atoms with van der Waals surface area (Å²) < 4.78 is 31.2. The van der Waals surface area contributed by atoms with E-state index in [1.807, 2.05) is 0 Å². The molecule has 6 N–H and O–H groups in total. The minimum Gasteiger partial charge on any atom is -0.504 e. The number of phenols is 2. The number of esters is 1. The maximum atomic E-state index is 12.3. The van der Waals surface area contributed by atoms with E-state index in [0.717, 1.165) is 0 Å². The number of benzene rings is 2. The number of carbonyl (C=O) groups excluding carboxylic acids is 1. The monoisotopic (exact) mass is 455 g/mol. The van der Waals surface area contributed by atoms with Gasteiger partial charge in [0.15, 0.2) is 17.0 Å². The van der Waals surface area contributed by atoms with Crippen LogP contribution < -0.4 is 5.73 Å². The molecule has 2 unspecified atom stereocenters. The zero-order chi connectivity index (χ0) is 23.8. The molecule has 0 fully saturated rings. The fourth-order valence-corrected chi connectivity index (χ4v) is 2.67. The third-order valence-corrected chi connectivity index (χ3v) is 4.14. The van der Waals surface area contributed by atoms with Crippen molar-refractivity contribution in [3.8, 4) is 11.5 Å². The third-order valence-electron chi connectivity index (χ3n) is 4.14. The predicted molar refractivity (Wildman–Crippen MR) is 111 cm³/mol. The lowest BCUT2D eigenvalue weighted by molar-refractivity contribution is -0.148. The van der Waals surface area contributed by atoms with Gasteiger partial charge in [-0.1, -0.05) is 31.2 Å². The van der Waals surface area contributed by atoms with E-state index in [0.29, 0.717) is 17.4 Å². The van der Waals surface area contributed by atoms with Crippen LogP contribution in [0, 0.1) is 0 Å². The average Bonchev–Trinajstić information content (AvgIpc) is 2.68. The molecule has 0 radical (unpaired) electrons. The largest absolute Gasteiger partial charge is 0.504 e. The van der Waals surface area contributed by atoms with E-state index < -0.39 is 33.7 Å². The number of carboxylic acid groups (broad SMARTS) is 1. The number of hydrogen-bond donors (Lipinski definition) is 5. The highest BCUT2D eigenvalue weighted by Crippen LogP contribution is 2.28. The summed E-state index contributed by atoms with van der Waals surface area (Å²) in [7, 11) is -3.67. The Bertz CT molecular complexity index is 1000. The van der Waals surface area contributed by atoms with Gasteiger partial charge in [-0.15, -0.1) is 0 Å². The highest BCUT2D eigenvalue weighted by molar-refractivity contribution is 7.85. The molecule has 2 rings (SSSR count). The number of phenolic OH excluding ortho intramolecular Hbond substituents is 2. The van der Waals surface area contributed by atoms with E-state index in [1.54, 1.807) is 37.3 Å². The highest BCUT2D eigenvalue weighted by atomic mass is 32.2. The number of rotatable bonds is 7. The van der Waals surface area contributed by atoms with Crippen LogP contribution in [0.1, 0.15) is 29.3 Å². The Hall–Kier alpha value is -3.15. The first-order valence-corrected chi connectivity index (χ1v) is 10.8. The normalized spacial score (nSPS) is 13.8. The first kappa shape index (κ1) is 25.9. The van der Waals surface area contributed by atoms with Gasteiger partial charge in [0.2, 0.25) is 0 Å². The van der Waals surface area contributed by atoms with Crippen LogP contribution >= 0.6 is 0 Å². The first-order chi connectivity index (χ1) is 14.3. The zero-order valence-corrected chi connectivity index (χ0v) is 17.7. The van der Waals surface area contributed by atoms with Gasteiger partial charge in [0.05, 0.1) is 11.8 Å². The molecule has 0 saturated carbocycles. The molecular formula is C20H25NO9S. The molecular weight excluding hydrogens is 430 g/mol. The van der Waals surface area contributed by atoms with E-state index in [9.17, 15) is 33.3 Å². The molecule has 2 aromatic rings. The quantitative estimate of drug-likeness (QED) is 0.233. The molecule has 0 bridgehead atoms. The second-order valence-corrected chi connectivity index (χ2v) is 8.21. The number of nitrogens with two attached hydrogens (primary N) is 1. The molecule has 11 heteroatoms. The smallest absolute Gasteiger partial charge is 0.338 e. The Morgan fingerprint density at radius 1 is 1.10 bits per heavy atom. The summed E-state index contributed by atoms with van der Waals surface area (Å²) in [5, 5.41) is 28.7. The molecule has 0 aromatic heterocycles. The summed E-state index contributed by atoms with van der Waals surface area (Å²) in [5.74, 6) is -2.71. The molecule has 0 aliphatic rings. The van der Waals surface area contributed by atoms with Crippen molar-refractivity contribution in [2.45, 2.75) is 31.4 Å². The summed E-state index contributed by atoms with van der Waals surface area (Å²) >= 11 is 0. The molecule has 31 heavy (non-hydrogen) atoms. The van der Waals surface area contributed by atoms with Crippen molar-refractivity contribution in [1.29, 1.82) is 0 Å². The Morgan fingerprint density at radius 2 is 1.65 bits per heavy atom. The van der Waals surface area contributed by atoms with Gasteiger partial charge in [-0.05, 0) is 36.2 Å². The van der Waals surface area contributed by atoms with E-state index in [2.05, 4.69) is 0 Å². The van der Waals surface area contributed by atoms with Crippen LogP contribution in [-0.4, -0.2) is 58.1 Å². The fourth-order valence-electron chi connectivity index (χ4n) is 2.67. The highest BCUT2D eigenvalue weighted by Gasteiger charge is 2.44. The van der Waals surface area contributed by atoms with E-state index in [1.165, 1.54) is 18.2 Å². The van der Waals surface area contributed by atoms with Gasteiger partial charge in [0.25, 0.3) is 10.1 Å². The molecule has 2 atom stereocenters. The van der Waals surface area contributed by atoms with E-state index in [4.69, 9.17) is 15.0 Å². The Morgan fingerprint density at radius 3 is 2.10 bits per heavy atom. The Kier molecular flexibility index (Phi) is 8.98. The number of ether oxygens (including phenoxy) is 1. The van der Waals surface area contributed by atoms with Crippen molar-refractivity contribution in [2.75, 3.05) is 6.26 Å². The maximum Gasteiger partial charge on any atom is 0.338 e. The molecule has 0 saturated heterocycles. The second-order valence-electron chi connectivity index (χ2n) is 6.75. The average molecular weight is 455 g/mol. The lowest BCUT2D eigenvalue weighted by Crippen LogP contribution is -2.60. The summed E-state index contributed by atoms with van der Waals surface area (Å²) in [4.78, 5) is 24.2. The van der Waals surface area contributed by atoms with Crippen molar-refractivity contribution in [1.82, 2.24) is 0 Å². The summed E-state index contributed by atoms with van der Waals surface area (Å²) in [6, 6.07) is 12.1. The van der Waals surface area contributed by atoms with Gasteiger partial charge in [-0.3, -0.25) is 9.35 Å². The number of hydrogen-bond acceptors (Lipinski definition) is 8. The van der Waals surface area contributed by atoms with Gasteiger partial charge in [-0.25, -0.2) is 4.79 Å². The van der Waals surface area contributed by atoms with Crippen molar-refractivity contribution in [3.05, 3.63) is 59.7 Å². The van der Waals surface area contributed by atoms with Crippen LogP contribution in [0.3, 0.4) is 0 Å². The number of carbonyl (C=O) groups is 2. The summed E-state index contributed by atoms with van der Waals surface area (Å²) in [5.41, 5.74) is 4.90. The molecule has 0 aliphatic carbocycles. The molecule has 0 amide bonds. The van der Waals surface area contributed by atoms with Crippen molar-refractivity contribution in [2.24, 2.45) is 5.73 Å². The SMILES string of the molecule is CCC(OC(=O)c1ccccc1)C(N)(Cc1ccc(O)c(O)c1)C(=O)O.CS(=O)(=O)O. The molecule has 10 nitrogen and oxygen atoms in total. The maximum absolute atomic E-state index is 12.3. The van der Waals surface area contributed by atoms with E-state index >= 15 is 0 Å². The fraction of sp³-hybridized carbons (Fsp3) is 0.300. The van der Waals surface area contributed by atoms with Gasteiger partial charge < -0.3 is 25.8 Å². The standard InChI is InChI=1S/C19H21NO6.CH4O3S/c1-2-16(26-17(23)13-6-4-3-5-7-13)19(20,18(24)25)11-12-8-9-14(21)15(22)10-12;1-5(2,3)4/h3-10,16,21-22H,2,11,20H2,1H3,(H,24,25);1H3,(H,2,3,4). The number of carboxylic acids is 1. The second kappa shape index (κ2) is 10.8. The molecule has 0 aliphatic heterocycles. The van der Waals surface area contributed by atoms with Crippen LogP contribution in [0.15, 0.2) is 48.5 Å². The Labute approximate surface area is 179 Å². The van der Waals surface area contributed by atoms with Crippen LogP contribution in [0.2, 0.25) is 0 Å². The van der Waals surface area contributed by atoms with Crippen LogP contribution in [0.25, 0.3) is 0 Å². The van der Waals surface area contributed by atoms with Gasteiger partial charge >= 0.3 is 11.9 Å². The number of aromatic hydroxyl groups is 2. The lowest BCUT2D eigenvalue weighted by Gasteiger charge is -2.32. The Balaban J connectivity index is 0.000000861. The van der Waals surface area contributed by atoms with Crippen molar-refractivity contribution < 1.29 is 42.6 Å². The first-order valence-electron chi connectivity index (χ1n) is 8.99. The molecule has 170 valence electrons. The van der Waals surface area contributed by atoms with Crippen LogP contribution in [0.4, 0.5) is 0 Å². The van der Waals surface area contributed by atoms with Gasteiger partial charge in [0, 0.05) is 6.42 Å². The third kappa shape index (κ3) is 8.24. The zero-order valence-electron chi connectivity index (χ0n) is 16.9. The number of aliphatic carboxylic acids is 1. The summed E-state index contributed by atoms with van der Waals surface area (Å²) in [6.45, 7) is 1.67. The van der Waals surface area contributed by atoms with Gasteiger partial charge in [-0.2, -0.15) is 8.42 Å². The van der Waals surface area contributed by atoms with Gasteiger partial charge in [0.1, 0.15) is 6.10 Å². The topological polar surface area (TPSA) is 184 Å². The lowest BCUT2D eigenvalue weighted by atomic mass is 9.84. The van der Waals surface area contributed by atoms with Crippen molar-refractivity contribution >= 4 is 22.1 Å². The summed E-state index contributed by atoms with van der Waals surface area (Å²) in [6.07, 6.45) is -0.390. The molecule has 0 spiro atoms. The molecule has 2 aromatic carbocycles. The van der Waals surface area contributed by atoms with E-state index in [-0.39, 0.29) is 24.3 Å². The predicted octanol–water partition coefficient (Wildman–Crippen LogP) is 1.56. The van der Waals surface area contributed by atoms with Crippen molar-refractivity contribution in [3.63, 3.8) is 0 Å². The van der Waals surface area contributed by atoms with Crippen LogP contribution in [-0.2, 0) is 26.1 Å². The minimum absolute atomic E-state index is 0.186. The van der Waals surface area contributed by atoms with Crippen LogP contribution in [0.5, 0.6) is 11.5 Å². The minimum atomic E-state index is -3.67.